The van der Waals surface area contributed by atoms with Gasteiger partial charge in [0.25, 0.3) is 0 Å². The van der Waals surface area contributed by atoms with Crippen LogP contribution in [0.25, 0.3) is 0 Å². The third-order valence-corrected chi connectivity index (χ3v) is 3.22. The van der Waals surface area contributed by atoms with Gasteiger partial charge in [0.05, 0.1) is 24.3 Å². The molecule has 6 heteroatoms. The second-order valence-electron chi connectivity index (χ2n) is 5.16. The highest BCUT2D eigenvalue weighted by Gasteiger charge is 2.28. The summed E-state index contributed by atoms with van der Waals surface area (Å²) in [6.45, 7) is 3.47. The predicted molar refractivity (Wildman–Crippen MR) is 71.2 cm³/mol. The molecule has 2 aliphatic rings. The topological polar surface area (TPSA) is 77.7 Å². The zero-order valence-electron chi connectivity index (χ0n) is 11.7. The summed E-state index contributed by atoms with van der Waals surface area (Å²) >= 11 is 0. The van der Waals surface area contributed by atoms with E-state index in [2.05, 4.69) is 0 Å². The summed E-state index contributed by atoms with van der Waals surface area (Å²) in [6, 6.07) is 4.96. The normalized spacial score (nSPS) is 22.5. The Balaban J connectivity index is 1.70. The molecule has 2 unspecified atom stereocenters. The van der Waals surface area contributed by atoms with Gasteiger partial charge in [0.1, 0.15) is 25.4 Å². The zero-order chi connectivity index (χ0) is 14.8. The number of carbonyl (C=O) groups is 2. The van der Waals surface area contributed by atoms with Crippen LogP contribution in [0.1, 0.15) is 26.3 Å². The van der Waals surface area contributed by atoms with Crippen molar-refractivity contribution in [2.24, 2.45) is 0 Å². The lowest BCUT2D eigenvalue weighted by molar-refractivity contribution is 0.0430. The van der Waals surface area contributed by atoms with Crippen molar-refractivity contribution in [1.82, 2.24) is 0 Å². The molecular weight excluding hydrogens is 276 g/mol. The lowest BCUT2D eigenvalue weighted by atomic mass is 10.0. The SMILES string of the molecule is Cc1ccc(C(=O)OCC2CO2)c(C(=O)OCC2CO2)c1. The van der Waals surface area contributed by atoms with E-state index in [1.165, 1.54) is 0 Å². The largest absolute Gasteiger partial charge is 0.459 e. The summed E-state index contributed by atoms with van der Waals surface area (Å²) in [7, 11) is 0. The van der Waals surface area contributed by atoms with E-state index in [4.69, 9.17) is 18.9 Å². The molecule has 0 N–H and O–H groups in total. The Bertz CT molecular complexity index is 559. The van der Waals surface area contributed by atoms with Crippen LogP contribution in [0.2, 0.25) is 0 Å². The molecule has 2 heterocycles. The van der Waals surface area contributed by atoms with Gasteiger partial charge in [-0.25, -0.2) is 9.59 Å². The summed E-state index contributed by atoms with van der Waals surface area (Å²) < 4.78 is 20.2. The van der Waals surface area contributed by atoms with Crippen molar-refractivity contribution in [3.05, 3.63) is 34.9 Å². The number of aryl methyl sites for hydroxylation is 1. The van der Waals surface area contributed by atoms with Crippen molar-refractivity contribution >= 4 is 11.9 Å². The minimum Gasteiger partial charge on any atom is -0.459 e. The maximum absolute atomic E-state index is 12.1. The van der Waals surface area contributed by atoms with E-state index in [0.29, 0.717) is 13.2 Å². The molecule has 2 atom stereocenters. The van der Waals surface area contributed by atoms with Crippen molar-refractivity contribution in [3.8, 4) is 0 Å². The van der Waals surface area contributed by atoms with Gasteiger partial charge < -0.3 is 18.9 Å². The van der Waals surface area contributed by atoms with E-state index in [9.17, 15) is 9.59 Å². The second kappa shape index (κ2) is 5.83. The molecule has 1 aromatic carbocycles. The highest BCUT2D eigenvalue weighted by molar-refractivity contribution is 6.03. The van der Waals surface area contributed by atoms with Crippen molar-refractivity contribution in [2.45, 2.75) is 19.1 Å². The lowest BCUT2D eigenvalue weighted by Gasteiger charge is -2.10. The Hall–Kier alpha value is -1.92. The molecule has 112 valence electrons. The van der Waals surface area contributed by atoms with Crippen LogP contribution in [0, 0.1) is 6.92 Å². The molecule has 2 saturated heterocycles. The van der Waals surface area contributed by atoms with Gasteiger partial charge in [-0.2, -0.15) is 0 Å². The van der Waals surface area contributed by atoms with E-state index in [0.717, 1.165) is 5.56 Å². The van der Waals surface area contributed by atoms with Crippen LogP contribution in [-0.4, -0.2) is 50.6 Å². The highest BCUT2D eigenvalue weighted by Crippen LogP contribution is 2.17. The quantitative estimate of drug-likeness (QED) is 0.577. The molecule has 0 bridgehead atoms. The summed E-state index contributed by atoms with van der Waals surface area (Å²) in [5, 5.41) is 0. The smallest absolute Gasteiger partial charge is 0.339 e. The minimum absolute atomic E-state index is 0.0122. The lowest BCUT2D eigenvalue weighted by Crippen LogP contribution is -2.17. The molecule has 0 saturated carbocycles. The molecule has 0 aromatic heterocycles. The number of ether oxygens (including phenoxy) is 4. The Morgan fingerprint density at radius 3 is 2.10 bits per heavy atom. The van der Waals surface area contributed by atoms with Crippen LogP contribution in [-0.2, 0) is 18.9 Å². The van der Waals surface area contributed by atoms with Crippen molar-refractivity contribution in [3.63, 3.8) is 0 Å². The average molecular weight is 292 g/mol. The Labute approximate surface area is 121 Å². The molecule has 6 nitrogen and oxygen atoms in total. The van der Waals surface area contributed by atoms with Gasteiger partial charge in [-0.05, 0) is 19.1 Å². The summed E-state index contributed by atoms with van der Waals surface area (Å²) in [4.78, 5) is 24.1. The number of carbonyl (C=O) groups excluding carboxylic acids is 2. The minimum atomic E-state index is -0.542. The molecule has 1 aromatic rings. The average Bonchev–Trinajstić information content (AvgIpc) is 3.36. The molecule has 0 aliphatic carbocycles. The second-order valence-corrected chi connectivity index (χ2v) is 5.16. The van der Waals surface area contributed by atoms with E-state index >= 15 is 0 Å². The van der Waals surface area contributed by atoms with Crippen LogP contribution >= 0.6 is 0 Å². The third kappa shape index (κ3) is 3.80. The molecular formula is C15H16O6. The van der Waals surface area contributed by atoms with Gasteiger partial charge in [0.2, 0.25) is 0 Å². The summed E-state index contributed by atoms with van der Waals surface area (Å²) in [5.74, 6) is -1.08. The van der Waals surface area contributed by atoms with Crippen LogP contribution in [0.3, 0.4) is 0 Å². The first-order valence-corrected chi connectivity index (χ1v) is 6.81. The Morgan fingerprint density at radius 2 is 1.57 bits per heavy atom. The zero-order valence-corrected chi connectivity index (χ0v) is 11.7. The maximum atomic E-state index is 12.1. The van der Waals surface area contributed by atoms with Crippen molar-refractivity contribution in [1.29, 1.82) is 0 Å². The fourth-order valence-corrected chi connectivity index (χ4v) is 1.83. The Kier molecular flexibility index (Phi) is 3.90. The number of epoxide rings is 2. The number of hydrogen-bond acceptors (Lipinski definition) is 6. The first kappa shape index (κ1) is 14.0. The molecule has 0 spiro atoms. The number of esters is 2. The van der Waals surface area contributed by atoms with E-state index < -0.39 is 11.9 Å². The molecule has 2 aliphatic heterocycles. The monoisotopic (exact) mass is 292 g/mol. The van der Waals surface area contributed by atoms with Gasteiger partial charge in [-0.15, -0.1) is 0 Å². The summed E-state index contributed by atoms with van der Waals surface area (Å²) in [5.41, 5.74) is 1.30. The fourth-order valence-electron chi connectivity index (χ4n) is 1.83. The van der Waals surface area contributed by atoms with Gasteiger partial charge in [-0.1, -0.05) is 11.6 Å². The van der Waals surface area contributed by atoms with Gasteiger partial charge in [0, 0.05) is 0 Å². The highest BCUT2D eigenvalue weighted by atomic mass is 16.6. The molecule has 0 radical (unpaired) electrons. The Morgan fingerprint density at radius 1 is 1.05 bits per heavy atom. The molecule has 0 amide bonds. The van der Waals surface area contributed by atoms with Crippen LogP contribution < -0.4 is 0 Å². The van der Waals surface area contributed by atoms with Gasteiger partial charge in [-0.3, -0.25) is 0 Å². The third-order valence-electron chi connectivity index (χ3n) is 3.22. The molecule has 3 rings (SSSR count). The van der Waals surface area contributed by atoms with Crippen LogP contribution in [0.5, 0.6) is 0 Å². The number of hydrogen-bond donors (Lipinski definition) is 0. The van der Waals surface area contributed by atoms with Crippen molar-refractivity contribution in [2.75, 3.05) is 26.4 Å². The fraction of sp³-hybridized carbons (Fsp3) is 0.467. The first-order chi connectivity index (χ1) is 10.1. The standard InChI is InChI=1S/C15H16O6/c1-9-2-3-12(14(16)20-7-10-5-18-10)13(4-9)15(17)21-8-11-6-19-11/h2-4,10-11H,5-8H2,1H3. The van der Waals surface area contributed by atoms with Gasteiger partial charge in [0.15, 0.2) is 0 Å². The van der Waals surface area contributed by atoms with Crippen molar-refractivity contribution < 1.29 is 28.5 Å². The summed E-state index contributed by atoms with van der Waals surface area (Å²) in [6.07, 6.45) is -0.0250. The molecule has 21 heavy (non-hydrogen) atoms. The van der Waals surface area contributed by atoms with E-state index in [1.54, 1.807) is 18.2 Å². The van der Waals surface area contributed by atoms with Gasteiger partial charge >= 0.3 is 11.9 Å². The number of benzene rings is 1. The van der Waals surface area contributed by atoms with E-state index in [-0.39, 0.29) is 36.5 Å². The van der Waals surface area contributed by atoms with Crippen LogP contribution in [0.4, 0.5) is 0 Å². The number of rotatable bonds is 6. The molecule has 2 fully saturated rings. The first-order valence-electron chi connectivity index (χ1n) is 6.81. The van der Waals surface area contributed by atoms with E-state index in [1.807, 2.05) is 6.92 Å². The predicted octanol–water partition coefficient (Wildman–Crippen LogP) is 1.11. The van der Waals surface area contributed by atoms with Crippen LogP contribution in [0.15, 0.2) is 18.2 Å². The maximum Gasteiger partial charge on any atom is 0.339 e.